The Morgan fingerprint density at radius 2 is 1.69 bits per heavy atom. The van der Waals surface area contributed by atoms with Gasteiger partial charge in [-0.1, -0.05) is 35.3 Å². The topological polar surface area (TPSA) is 9.23 Å². The van der Waals surface area contributed by atoms with Crippen molar-refractivity contribution in [2.24, 2.45) is 0 Å². The van der Waals surface area contributed by atoms with Crippen molar-refractivity contribution in [3.05, 3.63) is 58.1 Å². The van der Waals surface area contributed by atoms with Crippen molar-refractivity contribution >= 4 is 23.2 Å². The van der Waals surface area contributed by atoms with E-state index in [9.17, 15) is 0 Å². The molecule has 2 aromatic rings. The first kappa shape index (κ1) is 11.3. The maximum Gasteiger partial charge on any atom is 0.146 e. The van der Waals surface area contributed by atoms with Crippen LogP contribution in [0, 0.1) is 6.92 Å². The third-order valence-electron chi connectivity index (χ3n) is 2.19. The van der Waals surface area contributed by atoms with Crippen LogP contribution in [0.2, 0.25) is 10.0 Å². The summed E-state index contributed by atoms with van der Waals surface area (Å²) >= 11 is 11.9. The third kappa shape index (κ3) is 2.49. The van der Waals surface area contributed by atoms with Crippen molar-refractivity contribution in [2.45, 2.75) is 6.92 Å². The van der Waals surface area contributed by atoms with Gasteiger partial charge in [-0.25, -0.2) is 0 Å². The molecule has 1 nitrogen and oxygen atoms in total. The van der Waals surface area contributed by atoms with Crippen molar-refractivity contribution in [1.29, 1.82) is 0 Å². The van der Waals surface area contributed by atoms with Crippen LogP contribution in [0.5, 0.6) is 11.5 Å². The van der Waals surface area contributed by atoms with Crippen LogP contribution >= 0.6 is 23.2 Å². The molecule has 0 saturated carbocycles. The molecule has 0 aromatic heterocycles. The fourth-order valence-electron chi connectivity index (χ4n) is 1.37. The smallest absolute Gasteiger partial charge is 0.146 e. The van der Waals surface area contributed by atoms with Gasteiger partial charge in [-0.05, 0) is 42.8 Å². The van der Waals surface area contributed by atoms with Crippen LogP contribution < -0.4 is 4.74 Å². The number of hydrogen-bond donors (Lipinski definition) is 0. The highest BCUT2D eigenvalue weighted by molar-refractivity contribution is 6.32. The van der Waals surface area contributed by atoms with Crippen LogP contribution in [-0.4, -0.2) is 0 Å². The molecule has 0 aliphatic rings. The molecule has 82 valence electrons. The molecule has 16 heavy (non-hydrogen) atoms. The van der Waals surface area contributed by atoms with E-state index in [-0.39, 0.29) is 0 Å². The number of rotatable bonds is 2. The second kappa shape index (κ2) is 4.77. The SMILES string of the molecule is Cc1cc(Cl)ccc1Oc1ccccc1Cl. The monoisotopic (exact) mass is 252 g/mol. The first-order chi connectivity index (χ1) is 7.66. The molecule has 0 fully saturated rings. The zero-order chi connectivity index (χ0) is 11.5. The lowest BCUT2D eigenvalue weighted by Crippen LogP contribution is -1.87. The number of para-hydroxylation sites is 1. The average Bonchev–Trinajstić information content (AvgIpc) is 2.25. The number of halogens is 2. The van der Waals surface area contributed by atoms with Crippen molar-refractivity contribution in [3.8, 4) is 11.5 Å². The molecule has 0 spiro atoms. The largest absolute Gasteiger partial charge is 0.456 e. The van der Waals surface area contributed by atoms with E-state index in [0.29, 0.717) is 15.8 Å². The first-order valence-corrected chi connectivity index (χ1v) is 5.61. The molecule has 2 aromatic carbocycles. The molecule has 3 heteroatoms. The maximum atomic E-state index is 6.01. The number of hydrogen-bond acceptors (Lipinski definition) is 1. The molecule has 2 rings (SSSR count). The molecule has 0 unspecified atom stereocenters. The summed E-state index contributed by atoms with van der Waals surface area (Å²) < 4.78 is 5.70. The van der Waals surface area contributed by atoms with Crippen LogP contribution in [0.1, 0.15) is 5.56 Å². The highest BCUT2D eigenvalue weighted by atomic mass is 35.5. The highest BCUT2D eigenvalue weighted by Gasteiger charge is 2.04. The van der Waals surface area contributed by atoms with E-state index in [2.05, 4.69) is 0 Å². The van der Waals surface area contributed by atoms with Gasteiger partial charge in [0, 0.05) is 5.02 Å². The van der Waals surface area contributed by atoms with Crippen LogP contribution in [0.4, 0.5) is 0 Å². The van der Waals surface area contributed by atoms with Crippen molar-refractivity contribution in [3.63, 3.8) is 0 Å². The molecular weight excluding hydrogens is 243 g/mol. The molecule has 0 aliphatic carbocycles. The van der Waals surface area contributed by atoms with Crippen molar-refractivity contribution in [1.82, 2.24) is 0 Å². The van der Waals surface area contributed by atoms with Crippen LogP contribution in [0.15, 0.2) is 42.5 Å². The van der Waals surface area contributed by atoms with Gasteiger partial charge in [0.2, 0.25) is 0 Å². The van der Waals surface area contributed by atoms with E-state index in [4.69, 9.17) is 27.9 Å². The van der Waals surface area contributed by atoms with Gasteiger partial charge in [-0.3, -0.25) is 0 Å². The third-order valence-corrected chi connectivity index (χ3v) is 2.74. The molecule has 0 bridgehead atoms. The van der Waals surface area contributed by atoms with Gasteiger partial charge in [0.05, 0.1) is 5.02 Å². The van der Waals surface area contributed by atoms with Crippen LogP contribution in [0.25, 0.3) is 0 Å². The minimum Gasteiger partial charge on any atom is -0.456 e. The maximum absolute atomic E-state index is 6.01. The van der Waals surface area contributed by atoms with Gasteiger partial charge in [0.1, 0.15) is 11.5 Å². The number of benzene rings is 2. The van der Waals surface area contributed by atoms with E-state index in [1.54, 1.807) is 12.1 Å². The predicted octanol–water partition coefficient (Wildman–Crippen LogP) is 5.09. The van der Waals surface area contributed by atoms with E-state index in [1.807, 2.05) is 37.3 Å². The Kier molecular flexibility index (Phi) is 3.37. The first-order valence-electron chi connectivity index (χ1n) is 4.85. The zero-order valence-corrected chi connectivity index (χ0v) is 10.2. The molecule has 0 aliphatic heterocycles. The Morgan fingerprint density at radius 3 is 2.38 bits per heavy atom. The normalized spacial score (nSPS) is 10.2. The summed E-state index contributed by atoms with van der Waals surface area (Å²) in [5, 5.41) is 1.29. The van der Waals surface area contributed by atoms with Gasteiger partial charge in [0.15, 0.2) is 0 Å². The van der Waals surface area contributed by atoms with Gasteiger partial charge in [0.25, 0.3) is 0 Å². The average molecular weight is 253 g/mol. The quantitative estimate of drug-likeness (QED) is 0.723. The van der Waals surface area contributed by atoms with E-state index >= 15 is 0 Å². The standard InChI is InChI=1S/C13H10Cl2O/c1-9-8-10(14)6-7-12(9)16-13-5-3-2-4-11(13)15/h2-8H,1H3. The van der Waals surface area contributed by atoms with E-state index in [0.717, 1.165) is 11.3 Å². The molecule has 0 atom stereocenters. The fraction of sp³-hybridized carbons (Fsp3) is 0.0769. The predicted molar refractivity (Wildman–Crippen MR) is 67.7 cm³/mol. The zero-order valence-electron chi connectivity index (χ0n) is 8.71. The number of aryl methyl sites for hydroxylation is 1. The van der Waals surface area contributed by atoms with Crippen molar-refractivity contribution < 1.29 is 4.74 Å². The lowest BCUT2D eigenvalue weighted by molar-refractivity contribution is 0.479. The molecular formula is C13H10Cl2O. The van der Waals surface area contributed by atoms with Crippen LogP contribution in [0.3, 0.4) is 0 Å². The molecule has 0 N–H and O–H groups in total. The Hall–Kier alpha value is -1.18. The summed E-state index contributed by atoms with van der Waals surface area (Å²) in [5.41, 5.74) is 0.979. The minimum absolute atomic E-state index is 0.594. The summed E-state index contributed by atoms with van der Waals surface area (Å²) in [6, 6.07) is 12.9. The van der Waals surface area contributed by atoms with Gasteiger partial charge in [-0.2, -0.15) is 0 Å². The Balaban J connectivity index is 2.31. The van der Waals surface area contributed by atoms with E-state index in [1.165, 1.54) is 0 Å². The molecule has 0 saturated heterocycles. The summed E-state index contributed by atoms with van der Waals surface area (Å²) in [5.74, 6) is 1.41. The summed E-state index contributed by atoms with van der Waals surface area (Å²) in [6.07, 6.45) is 0. The number of ether oxygens (including phenoxy) is 1. The highest BCUT2D eigenvalue weighted by Crippen LogP contribution is 2.31. The van der Waals surface area contributed by atoms with Crippen LogP contribution in [-0.2, 0) is 0 Å². The lowest BCUT2D eigenvalue weighted by atomic mass is 10.2. The van der Waals surface area contributed by atoms with Crippen molar-refractivity contribution in [2.75, 3.05) is 0 Å². The molecule has 0 amide bonds. The Labute approximate surface area is 105 Å². The Bertz CT molecular complexity index is 509. The lowest BCUT2D eigenvalue weighted by Gasteiger charge is -2.09. The summed E-state index contributed by atoms with van der Waals surface area (Å²) in [4.78, 5) is 0. The second-order valence-electron chi connectivity index (χ2n) is 3.44. The minimum atomic E-state index is 0.594. The molecule has 0 radical (unpaired) electrons. The fourth-order valence-corrected chi connectivity index (χ4v) is 1.77. The van der Waals surface area contributed by atoms with Gasteiger partial charge in [-0.15, -0.1) is 0 Å². The van der Waals surface area contributed by atoms with Gasteiger partial charge < -0.3 is 4.74 Å². The van der Waals surface area contributed by atoms with E-state index < -0.39 is 0 Å². The summed E-state index contributed by atoms with van der Waals surface area (Å²) in [7, 11) is 0. The second-order valence-corrected chi connectivity index (χ2v) is 4.29. The Morgan fingerprint density at radius 1 is 0.938 bits per heavy atom. The van der Waals surface area contributed by atoms with Gasteiger partial charge >= 0.3 is 0 Å². The molecule has 0 heterocycles. The summed E-state index contributed by atoms with van der Waals surface area (Å²) in [6.45, 7) is 1.94.